The van der Waals surface area contributed by atoms with E-state index in [4.69, 9.17) is 10.00 Å². The molecular formula is C15H22ClN3O2. The lowest BCUT2D eigenvalue weighted by Crippen LogP contribution is -2.53. The molecule has 21 heavy (non-hydrogen) atoms. The molecule has 0 unspecified atom stereocenters. The van der Waals surface area contributed by atoms with Gasteiger partial charge >= 0.3 is 0 Å². The van der Waals surface area contributed by atoms with Gasteiger partial charge in [0.2, 0.25) is 5.91 Å². The van der Waals surface area contributed by atoms with E-state index >= 15 is 0 Å². The molecule has 2 saturated heterocycles. The van der Waals surface area contributed by atoms with Crippen LogP contribution in [0.5, 0.6) is 0 Å². The second kappa shape index (κ2) is 6.78. The number of nitriles is 1. The molecule has 2 bridgehead atoms. The number of nitrogens with zero attached hydrogens (tertiary/aromatic N) is 2. The van der Waals surface area contributed by atoms with E-state index in [1.807, 2.05) is 0 Å². The van der Waals surface area contributed by atoms with Gasteiger partial charge in [-0.1, -0.05) is 6.08 Å². The van der Waals surface area contributed by atoms with Crippen LogP contribution in [0.2, 0.25) is 0 Å². The smallest absolute Gasteiger partial charge is 0.241 e. The van der Waals surface area contributed by atoms with Crippen LogP contribution in [0.25, 0.3) is 0 Å². The molecule has 116 valence electrons. The Kier molecular flexibility index (Phi) is 5.26. The topological polar surface area (TPSA) is 65.4 Å². The van der Waals surface area contributed by atoms with Crippen LogP contribution >= 0.6 is 12.4 Å². The molecule has 5 nitrogen and oxygen atoms in total. The molecule has 0 aromatic heterocycles. The Bertz CT molecular complexity index is 451. The number of likely N-dealkylation sites (tertiary alicyclic amines) is 1. The third-order valence-corrected chi connectivity index (χ3v) is 4.78. The van der Waals surface area contributed by atoms with Gasteiger partial charge in [0.05, 0.1) is 24.8 Å². The van der Waals surface area contributed by atoms with Crippen molar-refractivity contribution in [1.82, 2.24) is 10.2 Å². The van der Waals surface area contributed by atoms with Gasteiger partial charge in [-0.25, -0.2) is 0 Å². The van der Waals surface area contributed by atoms with Crippen LogP contribution in [-0.4, -0.2) is 48.2 Å². The maximum Gasteiger partial charge on any atom is 0.241 e. The number of piperidine rings is 1. The van der Waals surface area contributed by atoms with Crippen molar-refractivity contribution in [2.75, 3.05) is 13.2 Å². The Balaban J connectivity index is 0.00000161. The fraction of sp³-hybridized carbons (Fsp3) is 0.733. The van der Waals surface area contributed by atoms with Gasteiger partial charge in [0.1, 0.15) is 6.04 Å². The molecule has 1 amide bonds. The van der Waals surface area contributed by atoms with Gasteiger partial charge in [0, 0.05) is 12.6 Å². The summed E-state index contributed by atoms with van der Waals surface area (Å²) < 4.78 is 5.72. The minimum absolute atomic E-state index is 0. The number of halogens is 1. The summed E-state index contributed by atoms with van der Waals surface area (Å²) in [4.78, 5) is 14.3. The highest BCUT2D eigenvalue weighted by Gasteiger charge is 2.50. The predicted molar refractivity (Wildman–Crippen MR) is 81.0 cm³/mol. The van der Waals surface area contributed by atoms with Crippen LogP contribution in [0, 0.1) is 17.2 Å². The first-order valence-electron chi connectivity index (χ1n) is 7.43. The number of fused-ring (bicyclic) bond motifs is 2. The standard InChI is InChI=1S/C15H21N3O2.ClH/c1-2-6-20-13-8-10-7-12(13)17-14(10)15(19)18-5-3-4-11(18)9-16;/h2,10-14,17H,1,3-8H2;1H/t10-,11-,12+,13+,14-;/m0./s1. The molecule has 6 heteroatoms. The van der Waals surface area contributed by atoms with Crippen LogP contribution in [0.1, 0.15) is 25.7 Å². The molecule has 1 N–H and O–H groups in total. The first-order chi connectivity index (χ1) is 9.74. The number of amides is 1. The van der Waals surface area contributed by atoms with Crippen molar-refractivity contribution in [3.05, 3.63) is 12.7 Å². The van der Waals surface area contributed by atoms with Crippen LogP contribution in [0.3, 0.4) is 0 Å². The summed E-state index contributed by atoms with van der Waals surface area (Å²) in [5.41, 5.74) is 0. The van der Waals surface area contributed by atoms with Crippen LogP contribution in [0.4, 0.5) is 0 Å². The van der Waals surface area contributed by atoms with E-state index in [2.05, 4.69) is 18.0 Å². The van der Waals surface area contributed by atoms with Gasteiger partial charge in [-0.2, -0.15) is 5.26 Å². The minimum atomic E-state index is -0.226. The molecule has 1 saturated carbocycles. The van der Waals surface area contributed by atoms with Crippen molar-refractivity contribution in [2.24, 2.45) is 5.92 Å². The van der Waals surface area contributed by atoms with Crippen molar-refractivity contribution in [3.63, 3.8) is 0 Å². The van der Waals surface area contributed by atoms with Crippen molar-refractivity contribution in [3.8, 4) is 6.07 Å². The lowest BCUT2D eigenvalue weighted by Gasteiger charge is -2.32. The summed E-state index contributed by atoms with van der Waals surface area (Å²) in [5.74, 6) is 0.464. The van der Waals surface area contributed by atoms with Crippen molar-refractivity contribution in [1.29, 1.82) is 5.26 Å². The van der Waals surface area contributed by atoms with Gasteiger partial charge in [-0.3, -0.25) is 4.79 Å². The Hall–Kier alpha value is -1.09. The third kappa shape index (κ3) is 2.94. The SMILES string of the molecule is C=CCO[C@@H]1C[C@@H]2C[C@H]1N[C@@H]2C(=O)N1CCC[C@H]1C#N.Cl. The predicted octanol–water partition coefficient (Wildman–Crippen LogP) is 1.24. The second-order valence-electron chi connectivity index (χ2n) is 5.96. The van der Waals surface area contributed by atoms with Gasteiger partial charge in [0.15, 0.2) is 0 Å². The highest BCUT2D eigenvalue weighted by Crippen LogP contribution is 2.38. The number of carbonyl (C=O) groups is 1. The zero-order chi connectivity index (χ0) is 14.1. The second-order valence-corrected chi connectivity index (χ2v) is 5.96. The first-order valence-corrected chi connectivity index (χ1v) is 7.43. The monoisotopic (exact) mass is 311 g/mol. The van der Waals surface area contributed by atoms with Gasteiger partial charge < -0.3 is 15.0 Å². The largest absolute Gasteiger partial charge is 0.373 e. The summed E-state index contributed by atoms with van der Waals surface area (Å²) >= 11 is 0. The Morgan fingerprint density at radius 1 is 1.52 bits per heavy atom. The molecule has 5 atom stereocenters. The average Bonchev–Trinajstić information content (AvgIpc) is 3.17. The fourth-order valence-electron chi connectivity index (χ4n) is 3.84. The molecule has 3 aliphatic rings. The molecule has 0 spiro atoms. The van der Waals surface area contributed by atoms with Gasteiger partial charge in [-0.15, -0.1) is 19.0 Å². The van der Waals surface area contributed by atoms with E-state index in [0.29, 0.717) is 12.5 Å². The molecule has 2 heterocycles. The van der Waals surface area contributed by atoms with E-state index in [-0.39, 0.29) is 42.5 Å². The summed E-state index contributed by atoms with van der Waals surface area (Å²) in [5, 5.41) is 12.5. The Morgan fingerprint density at radius 3 is 2.95 bits per heavy atom. The molecule has 0 aromatic carbocycles. The van der Waals surface area contributed by atoms with E-state index in [1.54, 1.807) is 11.0 Å². The van der Waals surface area contributed by atoms with Gasteiger partial charge in [-0.05, 0) is 31.6 Å². The van der Waals surface area contributed by atoms with Crippen molar-refractivity contribution in [2.45, 2.75) is 49.9 Å². The quantitative estimate of drug-likeness (QED) is 0.794. The van der Waals surface area contributed by atoms with Gasteiger partial charge in [0.25, 0.3) is 0 Å². The average molecular weight is 312 g/mol. The zero-order valence-electron chi connectivity index (χ0n) is 12.0. The molecule has 1 aliphatic carbocycles. The summed E-state index contributed by atoms with van der Waals surface area (Å²) in [6.45, 7) is 4.95. The first kappa shape index (κ1) is 16.3. The van der Waals surface area contributed by atoms with Crippen LogP contribution in [-0.2, 0) is 9.53 Å². The lowest BCUT2D eigenvalue weighted by atomic mass is 9.97. The van der Waals surface area contributed by atoms with E-state index in [9.17, 15) is 4.79 Å². The number of rotatable bonds is 4. The number of hydrogen-bond donors (Lipinski definition) is 1. The third-order valence-electron chi connectivity index (χ3n) is 4.78. The number of ether oxygens (including phenoxy) is 1. The normalized spacial score (nSPS) is 37.1. The zero-order valence-corrected chi connectivity index (χ0v) is 12.8. The number of nitrogens with one attached hydrogen (secondary N) is 1. The molecule has 3 fully saturated rings. The molecule has 0 radical (unpaired) electrons. The lowest BCUT2D eigenvalue weighted by molar-refractivity contribution is -0.135. The summed E-state index contributed by atoms with van der Waals surface area (Å²) in [6, 6.07) is 2.18. The molecule has 3 rings (SSSR count). The van der Waals surface area contributed by atoms with Crippen molar-refractivity contribution >= 4 is 18.3 Å². The van der Waals surface area contributed by atoms with E-state index in [0.717, 1.165) is 32.2 Å². The van der Waals surface area contributed by atoms with Crippen molar-refractivity contribution < 1.29 is 9.53 Å². The fourth-order valence-corrected chi connectivity index (χ4v) is 3.84. The molecule has 0 aromatic rings. The summed E-state index contributed by atoms with van der Waals surface area (Å²) in [7, 11) is 0. The maximum absolute atomic E-state index is 12.6. The summed E-state index contributed by atoms with van der Waals surface area (Å²) in [6.07, 6.45) is 5.66. The molecular weight excluding hydrogens is 290 g/mol. The number of hydrogen-bond acceptors (Lipinski definition) is 4. The molecule has 2 aliphatic heterocycles. The Morgan fingerprint density at radius 2 is 2.33 bits per heavy atom. The highest BCUT2D eigenvalue weighted by molar-refractivity contribution is 5.85. The highest BCUT2D eigenvalue weighted by atomic mass is 35.5. The van der Waals surface area contributed by atoms with E-state index in [1.165, 1.54) is 0 Å². The Labute approximate surface area is 131 Å². The van der Waals surface area contributed by atoms with E-state index < -0.39 is 0 Å². The number of carbonyl (C=O) groups excluding carboxylic acids is 1. The van der Waals surface area contributed by atoms with Crippen LogP contribution < -0.4 is 5.32 Å². The maximum atomic E-state index is 12.6. The minimum Gasteiger partial charge on any atom is -0.373 e. The van der Waals surface area contributed by atoms with Crippen LogP contribution in [0.15, 0.2) is 12.7 Å².